The molecule has 1 N–H and O–H groups in total. The third kappa shape index (κ3) is 4.53. The van der Waals surface area contributed by atoms with Crippen LogP contribution in [0.15, 0.2) is 71.6 Å². The number of aryl methyl sites for hydroxylation is 1. The standard InChI is InChI=1S/C23H25N3O3S/c1-18-6-9-21(10-7-18)24-23(27)17-25-12-14-26(15-13-25)30(28,29)22-11-8-19-4-2-3-5-20(19)16-22/h2-11,16H,12-15,17H2,1H3,(H,24,27). The molecule has 3 aromatic carbocycles. The molecule has 1 saturated heterocycles. The maximum atomic E-state index is 13.1. The number of nitrogens with one attached hydrogen (secondary N) is 1. The minimum Gasteiger partial charge on any atom is -0.325 e. The average Bonchev–Trinajstić information content (AvgIpc) is 2.75. The van der Waals surface area contributed by atoms with Crippen LogP contribution in [0.25, 0.3) is 10.8 Å². The second kappa shape index (κ2) is 8.55. The molecule has 7 heteroatoms. The highest BCUT2D eigenvalue weighted by Gasteiger charge is 2.29. The fourth-order valence-corrected chi connectivity index (χ4v) is 5.10. The number of hydrogen-bond acceptors (Lipinski definition) is 4. The lowest BCUT2D eigenvalue weighted by Crippen LogP contribution is -2.50. The molecule has 0 bridgehead atoms. The summed E-state index contributed by atoms with van der Waals surface area (Å²) in [6, 6.07) is 20.6. The van der Waals surface area contributed by atoms with Crippen LogP contribution in [-0.2, 0) is 14.8 Å². The molecule has 0 aromatic heterocycles. The predicted molar refractivity (Wildman–Crippen MR) is 119 cm³/mol. The van der Waals surface area contributed by atoms with E-state index in [1.807, 2.05) is 66.4 Å². The number of hydrogen-bond donors (Lipinski definition) is 1. The Labute approximate surface area is 177 Å². The van der Waals surface area contributed by atoms with E-state index in [1.165, 1.54) is 4.31 Å². The second-order valence-electron chi connectivity index (χ2n) is 7.60. The lowest BCUT2D eigenvalue weighted by molar-refractivity contribution is -0.117. The number of rotatable bonds is 5. The van der Waals surface area contributed by atoms with Gasteiger partial charge in [0.25, 0.3) is 0 Å². The summed E-state index contributed by atoms with van der Waals surface area (Å²) >= 11 is 0. The monoisotopic (exact) mass is 423 g/mol. The topological polar surface area (TPSA) is 69.7 Å². The van der Waals surface area contributed by atoms with Crippen molar-refractivity contribution in [3.63, 3.8) is 0 Å². The van der Waals surface area contributed by atoms with Gasteiger partial charge in [-0.3, -0.25) is 9.69 Å². The van der Waals surface area contributed by atoms with Crippen LogP contribution in [0.3, 0.4) is 0 Å². The molecule has 1 aliphatic heterocycles. The van der Waals surface area contributed by atoms with E-state index < -0.39 is 10.0 Å². The quantitative estimate of drug-likeness (QED) is 0.685. The van der Waals surface area contributed by atoms with Crippen LogP contribution in [-0.4, -0.2) is 56.3 Å². The van der Waals surface area contributed by atoms with E-state index >= 15 is 0 Å². The minimum atomic E-state index is -3.55. The molecular weight excluding hydrogens is 398 g/mol. The summed E-state index contributed by atoms with van der Waals surface area (Å²) in [6.45, 7) is 4.02. The Morgan fingerprint density at radius 3 is 2.27 bits per heavy atom. The van der Waals surface area contributed by atoms with Gasteiger partial charge in [0.1, 0.15) is 0 Å². The molecule has 1 fully saturated rings. The SMILES string of the molecule is Cc1ccc(NC(=O)CN2CCN(S(=O)(=O)c3ccc4ccccc4c3)CC2)cc1. The van der Waals surface area contributed by atoms with Crippen LogP contribution in [0, 0.1) is 6.92 Å². The van der Waals surface area contributed by atoms with Gasteiger partial charge in [-0.1, -0.05) is 48.0 Å². The van der Waals surface area contributed by atoms with Gasteiger partial charge in [0.05, 0.1) is 11.4 Å². The molecule has 6 nitrogen and oxygen atoms in total. The van der Waals surface area contributed by atoms with Crippen molar-refractivity contribution in [2.24, 2.45) is 0 Å². The van der Waals surface area contributed by atoms with Crippen molar-refractivity contribution in [2.45, 2.75) is 11.8 Å². The van der Waals surface area contributed by atoms with E-state index in [1.54, 1.807) is 12.1 Å². The summed E-state index contributed by atoms with van der Waals surface area (Å²) in [5.74, 6) is -0.0929. The Hall–Kier alpha value is -2.74. The molecule has 0 unspecified atom stereocenters. The van der Waals surface area contributed by atoms with Gasteiger partial charge >= 0.3 is 0 Å². The van der Waals surface area contributed by atoms with Crippen LogP contribution in [0.2, 0.25) is 0 Å². The Kier molecular flexibility index (Phi) is 5.85. The highest BCUT2D eigenvalue weighted by Crippen LogP contribution is 2.23. The lowest BCUT2D eigenvalue weighted by atomic mass is 10.1. The van der Waals surface area contributed by atoms with E-state index in [9.17, 15) is 13.2 Å². The number of fused-ring (bicyclic) bond motifs is 1. The third-order valence-electron chi connectivity index (χ3n) is 5.39. The second-order valence-corrected chi connectivity index (χ2v) is 9.54. The summed E-state index contributed by atoms with van der Waals surface area (Å²) in [6.07, 6.45) is 0. The Bertz CT molecular complexity index is 1150. The van der Waals surface area contributed by atoms with Crippen LogP contribution < -0.4 is 5.32 Å². The highest BCUT2D eigenvalue weighted by atomic mass is 32.2. The molecule has 0 radical (unpaired) electrons. The van der Waals surface area contributed by atoms with Gasteiger partial charge in [-0.15, -0.1) is 0 Å². The van der Waals surface area contributed by atoms with E-state index in [0.717, 1.165) is 22.0 Å². The van der Waals surface area contributed by atoms with Crippen molar-refractivity contribution in [3.05, 3.63) is 72.3 Å². The zero-order valence-electron chi connectivity index (χ0n) is 16.9. The highest BCUT2D eigenvalue weighted by molar-refractivity contribution is 7.89. The van der Waals surface area contributed by atoms with Crippen LogP contribution in [0.1, 0.15) is 5.56 Å². The number of benzene rings is 3. The van der Waals surface area contributed by atoms with E-state index in [0.29, 0.717) is 31.1 Å². The normalized spacial score (nSPS) is 15.9. The van der Waals surface area contributed by atoms with Crippen molar-refractivity contribution in [3.8, 4) is 0 Å². The van der Waals surface area contributed by atoms with Gasteiger partial charge in [0.2, 0.25) is 15.9 Å². The Balaban J connectivity index is 1.36. The summed E-state index contributed by atoms with van der Waals surface area (Å²) in [5.41, 5.74) is 1.90. The van der Waals surface area contributed by atoms with Crippen molar-refractivity contribution in [1.82, 2.24) is 9.21 Å². The molecule has 0 atom stereocenters. The Morgan fingerprint density at radius 2 is 1.57 bits per heavy atom. The summed E-state index contributed by atoms with van der Waals surface area (Å²) < 4.78 is 27.6. The minimum absolute atomic E-state index is 0.0929. The van der Waals surface area contributed by atoms with Gasteiger partial charge in [0, 0.05) is 31.9 Å². The first-order valence-corrected chi connectivity index (χ1v) is 11.4. The molecule has 0 aliphatic carbocycles. The summed E-state index contributed by atoms with van der Waals surface area (Å²) in [7, 11) is -3.55. The number of sulfonamides is 1. The van der Waals surface area contributed by atoms with Crippen LogP contribution in [0.5, 0.6) is 0 Å². The zero-order valence-corrected chi connectivity index (χ0v) is 17.7. The molecule has 30 heavy (non-hydrogen) atoms. The van der Waals surface area contributed by atoms with Gasteiger partial charge in [-0.25, -0.2) is 8.42 Å². The lowest BCUT2D eigenvalue weighted by Gasteiger charge is -2.33. The smallest absolute Gasteiger partial charge is 0.243 e. The van der Waals surface area contributed by atoms with E-state index in [2.05, 4.69) is 5.32 Å². The van der Waals surface area contributed by atoms with Crippen molar-refractivity contribution in [1.29, 1.82) is 0 Å². The molecule has 3 aromatic rings. The van der Waals surface area contributed by atoms with Crippen LogP contribution in [0.4, 0.5) is 5.69 Å². The van der Waals surface area contributed by atoms with E-state index in [-0.39, 0.29) is 12.5 Å². The largest absolute Gasteiger partial charge is 0.325 e. The van der Waals surface area contributed by atoms with Crippen LogP contribution >= 0.6 is 0 Å². The zero-order chi connectivity index (χ0) is 21.1. The molecule has 1 aliphatic rings. The molecular formula is C23H25N3O3S. The fraction of sp³-hybridized carbons (Fsp3) is 0.261. The summed E-state index contributed by atoms with van der Waals surface area (Å²) in [5, 5.41) is 4.81. The maximum absolute atomic E-state index is 13.1. The average molecular weight is 424 g/mol. The third-order valence-corrected chi connectivity index (χ3v) is 7.29. The number of carbonyl (C=O) groups excluding carboxylic acids is 1. The number of anilines is 1. The van der Waals surface area contributed by atoms with E-state index in [4.69, 9.17) is 0 Å². The first kappa shape index (κ1) is 20.5. The first-order valence-electron chi connectivity index (χ1n) is 10.00. The fourth-order valence-electron chi connectivity index (χ4n) is 3.65. The maximum Gasteiger partial charge on any atom is 0.243 e. The van der Waals surface area contributed by atoms with Gasteiger partial charge in [-0.2, -0.15) is 4.31 Å². The van der Waals surface area contributed by atoms with Crippen molar-refractivity contribution < 1.29 is 13.2 Å². The molecule has 4 rings (SSSR count). The number of carbonyl (C=O) groups is 1. The molecule has 1 heterocycles. The summed E-state index contributed by atoms with van der Waals surface area (Å²) in [4.78, 5) is 14.6. The molecule has 1 amide bonds. The molecule has 0 saturated carbocycles. The molecule has 156 valence electrons. The Morgan fingerprint density at radius 1 is 0.900 bits per heavy atom. The number of nitrogens with zero attached hydrogens (tertiary/aromatic N) is 2. The first-order chi connectivity index (χ1) is 14.4. The predicted octanol–water partition coefficient (Wildman–Crippen LogP) is 3.09. The number of amides is 1. The van der Waals surface area contributed by atoms with Gasteiger partial charge < -0.3 is 5.32 Å². The van der Waals surface area contributed by atoms with Crippen molar-refractivity contribution >= 4 is 32.4 Å². The van der Waals surface area contributed by atoms with Crippen molar-refractivity contribution in [2.75, 3.05) is 38.0 Å². The van der Waals surface area contributed by atoms with Gasteiger partial charge in [-0.05, 0) is 42.0 Å². The molecule has 0 spiro atoms. The van der Waals surface area contributed by atoms with Gasteiger partial charge in [0.15, 0.2) is 0 Å². The number of piperazine rings is 1.